The SMILES string of the molecule is CC1N(C(=O)O)CCCC1(C)C. The molecular formula is C9H17NO2. The summed E-state index contributed by atoms with van der Waals surface area (Å²) in [6.45, 7) is 6.95. The first kappa shape index (κ1) is 9.36. The molecule has 70 valence electrons. The highest BCUT2D eigenvalue weighted by Crippen LogP contribution is 2.34. The Morgan fingerprint density at radius 3 is 2.58 bits per heavy atom. The van der Waals surface area contributed by atoms with Crippen molar-refractivity contribution in [3.05, 3.63) is 0 Å². The highest BCUT2D eigenvalue weighted by atomic mass is 16.4. The average molecular weight is 171 g/mol. The number of likely N-dealkylation sites (tertiary alicyclic amines) is 1. The third-order valence-corrected chi connectivity index (χ3v) is 3.06. The molecular weight excluding hydrogens is 154 g/mol. The Morgan fingerprint density at radius 1 is 1.58 bits per heavy atom. The molecule has 1 aliphatic rings. The van der Waals surface area contributed by atoms with Gasteiger partial charge < -0.3 is 10.0 Å². The van der Waals surface area contributed by atoms with Gasteiger partial charge in [-0.15, -0.1) is 0 Å². The number of rotatable bonds is 0. The van der Waals surface area contributed by atoms with Crippen LogP contribution >= 0.6 is 0 Å². The van der Waals surface area contributed by atoms with Gasteiger partial charge in [-0.1, -0.05) is 13.8 Å². The van der Waals surface area contributed by atoms with Crippen molar-refractivity contribution in [3.63, 3.8) is 0 Å². The molecule has 1 rings (SSSR count). The van der Waals surface area contributed by atoms with Crippen molar-refractivity contribution in [2.75, 3.05) is 6.54 Å². The minimum absolute atomic E-state index is 0.136. The van der Waals surface area contributed by atoms with Crippen molar-refractivity contribution < 1.29 is 9.90 Å². The molecule has 1 heterocycles. The summed E-state index contributed by atoms with van der Waals surface area (Å²) in [5.41, 5.74) is 0.136. The molecule has 1 amide bonds. The minimum atomic E-state index is -0.782. The van der Waals surface area contributed by atoms with Gasteiger partial charge in [0.05, 0.1) is 0 Å². The largest absolute Gasteiger partial charge is 0.465 e. The number of carboxylic acid groups (broad SMARTS) is 1. The van der Waals surface area contributed by atoms with Crippen LogP contribution in [0, 0.1) is 5.41 Å². The van der Waals surface area contributed by atoms with E-state index in [0.717, 1.165) is 12.8 Å². The second kappa shape index (κ2) is 2.96. The predicted octanol–water partition coefficient (Wildman–Crippen LogP) is 2.17. The first-order chi connectivity index (χ1) is 5.45. The van der Waals surface area contributed by atoms with Crippen LogP contribution in [0.25, 0.3) is 0 Å². The molecule has 0 bridgehead atoms. The molecule has 1 atom stereocenters. The highest BCUT2D eigenvalue weighted by molar-refractivity contribution is 5.65. The van der Waals surface area contributed by atoms with E-state index in [1.807, 2.05) is 6.92 Å². The van der Waals surface area contributed by atoms with Crippen LogP contribution in [0.3, 0.4) is 0 Å². The molecule has 3 nitrogen and oxygen atoms in total. The second-order valence-electron chi connectivity index (χ2n) is 4.24. The monoisotopic (exact) mass is 171 g/mol. The summed E-state index contributed by atoms with van der Waals surface area (Å²) in [4.78, 5) is 12.3. The van der Waals surface area contributed by atoms with E-state index in [0.29, 0.717) is 6.54 Å². The topological polar surface area (TPSA) is 40.5 Å². The van der Waals surface area contributed by atoms with E-state index in [-0.39, 0.29) is 11.5 Å². The van der Waals surface area contributed by atoms with Gasteiger partial charge >= 0.3 is 6.09 Å². The van der Waals surface area contributed by atoms with Gasteiger partial charge in [-0.3, -0.25) is 0 Å². The van der Waals surface area contributed by atoms with Gasteiger partial charge in [-0.25, -0.2) is 4.79 Å². The Bertz CT molecular complexity index is 189. The maximum atomic E-state index is 10.8. The van der Waals surface area contributed by atoms with Crippen LogP contribution in [0.1, 0.15) is 33.6 Å². The van der Waals surface area contributed by atoms with Crippen molar-refractivity contribution in [1.82, 2.24) is 4.90 Å². The molecule has 0 aliphatic carbocycles. The third kappa shape index (κ3) is 1.54. The zero-order valence-electron chi connectivity index (χ0n) is 8.00. The van der Waals surface area contributed by atoms with Gasteiger partial charge in [0.25, 0.3) is 0 Å². The Morgan fingerprint density at radius 2 is 2.17 bits per heavy atom. The van der Waals surface area contributed by atoms with Crippen molar-refractivity contribution in [1.29, 1.82) is 0 Å². The van der Waals surface area contributed by atoms with Crippen molar-refractivity contribution in [3.8, 4) is 0 Å². The van der Waals surface area contributed by atoms with Crippen LogP contribution in [0.2, 0.25) is 0 Å². The molecule has 1 N–H and O–H groups in total. The van der Waals surface area contributed by atoms with Gasteiger partial charge in [-0.05, 0) is 25.2 Å². The molecule has 0 aromatic heterocycles. The molecule has 1 aliphatic heterocycles. The van der Waals surface area contributed by atoms with Gasteiger partial charge in [0.1, 0.15) is 0 Å². The third-order valence-electron chi connectivity index (χ3n) is 3.06. The number of amides is 1. The number of piperidine rings is 1. The lowest BCUT2D eigenvalue weighted by atomic mass is 9.77. The predicted molar refractivity (Wildman–Crippen MR) is 47.2 cm³/mol. The minimum Gasteiger partial charge on any atom is -0.465 e. The first-order valence-electron chi connectivity index (χ1n) is 4.45. The first-order valence-corrected chi connectivity index (χ1v) is 4.45. The lowest BCUT2D eigenvalue weighted by Gasteiger charge is -2.43. The molecule has 0 spiro atoms. The van der Waals surface area contributed by atoms with E-state index >= 15 is 0 Å². The molecule has 3 heteroatoms. The molecule has 1 saturated heterocycles. The van der Waals surface area contributed by atoms with E-state index in [1.165, 1.54) is 0 Å². The zero-order valence-corrected chi connectivity index (χ0v) is 8.00. The van der Waals surface area contributed by atoms with Gasteiger partial charge in [0.15, 0.2) is 0 Å². The van der Waals surface area contributed by atoms with E-state index in [2.05, 4.69) is 13.8 Å². The lowest BCUT2D eigenvalue weighted by Crippen LogP contribution is -2.50. The van der Waals surface area contributed by atoms with Crippen LogP contribution in [0.5, 0.6) is 0 Å². The van der Waals surface area contributed by atoms with Gasteiger partial charge in [-0.2, -0.15) is 0 Å². The number of carbonyl (C=O) groups is 1. The number of nitrogens with zero attached hydrogens (tertiary/aromatic N) is 1. The normalized spacial score (nSPS) is 28.6. The van der Waals surface area contributed by atoms with Gasteiger partial charge in [0.2, 0.25) is 0 Å². The summed E-state index contributed by atoms with van der Waals surface area (Å²) in [5.74, 6) is 0. The van der Waals surface area contributed by atoms with E-state index in [1.54, 1.807) is 4.90 Å². The lowest BCUT2D eigenvalue weighted by molar-refractivity contribution is 0.0489. The fraction of sp³-hybridized carbons (Fsp3) is 0.889. The van der Waals surface area contributed by atoms with Crippen LogP contribution in [-0.2, 0) is 0 Å². The standard InChI is InChI=1S/C9H17NO2/c1-7-9(2,3)5-4-6-10(7)8(11)12/h7H,4-6H2,1-3H3,(H,11,12). The Labute approximate surface area is 73.4 Å². The van der Waals surface area contributed by atoms with E-state index in [4.69, 9.17) is 5.11 Å². The highest BCUT2D eigenvalue weighted by Gasteiger charge is 2.36. The smallest absolute Gasteiger partial charge is 0.407 e. The van der Waals surface area contributed by atoms with Crippen LogP contribution < -0.4 is 0 Å². The summed E-state index contributed by atoms with van der Waals surface area (Å²) >= 11 is 0. The maximum absolute atomic E-state index is 10.8. The molecule has 0 saturated carbocycles. The van der Waals surface area contributed by atoms with E-state index < -0.39 is 6.09 Å². The summed E-state index contributed by atoms with van der Waals surface area (Å²) in [6.07, 6.45) is 1.33. The molecule has 12 heavy (non-hydrogen) atoms. The Hall–Kier alpha value is -0.730. The summed E-state index contributed by atoms with van der Waals surface area (Å²) in [5, 5.41) is 8.87. The summed E-state index contributed by atoms with van der Waals surface area (Å²) in [6, 6.07) is 0.142. The van der Waals surface area contributed by atoms with Crippen molar-refractivity contribution in [2.45, 2.75) is 39.7 Å². The quantitative estimate of drug-likeness (QED) is 0.606. The zero-order chi connectivity index (χ0) is 9.35. The summed E-state index contributed by atoms with van der Waals surface area (Å²) in [7, 11) is 0. The van der Waals surface area contributed by atoms with Gasteiger partial charge in [0, 0.05) is 12.6 Å². The fourth-order valence-electron chi connectivity index (χ4n) is 1.79. The Kier molecular flexibility index (Phi) is 2.31. The molecule has 0 aromatic carbocycles. The van der Waals surface area contributed by atoms with Crippen LogP contribution in [0.4, 0.5) is 4.79 Å². The van der Waals surface area contributed by atoms with Crippen LogP contribution in [0.15, 0.2) is 0 Å². The Balaban J connectivity index is 2.73. The molecule has 0 radical (unpaired) electrons. The van der Waals surface area contributed by atoms with E-state index in [9.17, 15) is 4.79 Å². The second-order valence-corrected chi connectivity index (χ2v) is 4.24. The molecule has 1 fully saturated rings. The van der Waals surface area contributed by atoms with Crippen molar-refractivity contribution in [2.24, 2.45) is 5.41 Å². The number of hydrogen-bond donors (Lipinski definition) is 1. The fourth-order valence-corrected chi connectivity index (χ4v) is 1.79. The maximum Gasteiger partial charge on any atom is 0.407 e. The molecule has 1 unspecified atom stereocenters. The van der Waals surface area contributed by atoms with Crippen molar-refractivity contribution >= 4 is 6.09 Å². The average Bonchev–Trinajstić information content (AvgIpc) is 1.94. The molecule has 0 aromatic rings. The van der Waals surface area contributed by atoms with Crippen LogP contribution in [-0.4, -0.2) is 28.7 Å². The number of hydrogen-bond acceptors (Lipinski definition) is 1. The summed E-state index contributed by atoms with van der Waals surface area (Å²) < 4.78 is 0.